The predicted octanol–water partition coefficient (Wildman–Crippen LogP) is 4.60. The molecular weight excluding hydrogens is 443 g/mol. The van der Waals surface area contributed by atoms with Crippen molar-refractivity contribution in [2.75, 3.05) is 9.44 Å². The van der Waals surface area contributed by atoms with Gasteiger partial charge in [0.1, 0.15) is 0 Å². The molecule has 0 aliphatic rings. The SMILES string of the molecule is O=S(=O)(Nc1ccc(S(=O)(=O)Nc2ccc(Cl)cc2)cc1)c1ccc(Cl)cc1. The topological polar surface area (TPSA) is 92.3 Å². The van der Waals surface area contributed by atoms with Gasteiger partial charge in [-0.15, -0.1) is 0 Å². The van der Waals surface area contributed by atoms with Crippen molar-refractivity contribution in [1.82, 2.24) is 0 Å². The third kappa shape index (κ3) is 4.96. The Bertz CT molecular complexity index is 1180. The number of hydrogen-bond acceptors (Lipinski definition) is 4. The highest BCUT2D eigenvalue weighted by molar-refractivity contribution is 7.93. The van der Waals surface area contributed by atoms with Crippen LogP contribution in [0.2, 0.25) is 10.0 Å². The fraction of sp³-hybridized carbons (Fsp3) is 0. The van der Waals surface area contributed by atoms with E-state index in [2.05, 4.69) is 9.44 Å². The van der Waals surface area contributed by atoms with E-state index in [9.17, 15) is 16.8 Å². The van der Waals surface area contributed by atoms with Gasteiger partial charge in [-0.1, -0.05) is 23.2 Å². The zero-order valence-electron chi connectivity index (χ0n) is 14.1. The smallest absolute Gasteiger partial charge is 0.261 e. The number of benzene rings is 3. The number of sulfonamides is 2. The van der Waals surface area contributed by atoms with Crippen molar-refractivity contribution in [3.8, 4) is 0 Å². The van der Waals surface area contributed by atoms with Crippen LogP contribution in [0.1, 0.15) is 0 Å². The summed E-state index contributed by atoms with van der Waals surface area (Å²) >= 11 is 11.5. The lowest BCUT2D eigenvalue weighted by Crippen LogP contribution is -2.14. The molecule has 6 nitrogen and oxygen atoms in total. The summed E-state index contributed by atoms with van der Waals surface area (Å²) in [5.41, 5.74) is 0.581. The van der Waals surface area contributed by atoms with Crippen molar-refractivity contribution in [2.24, 2.45) is 0 Å². The van der Waals surface area contributed by atoms with Crippen LogP contribution in [0.3, 0.4) is 0 Å². The van der Waals surface area contributed by atoms with Crippen LogP contribution in [0, 0.1) is 0 Å². The number of hydrogen-bond donors (Lipinski definition) is 2. The molecule has 10 heteroatoms. The first-order chi connectivity index (χ1) is 13.2. The van der Waals surface area contributed by atoms with Gasteiger partial charge >= 0.3 is 0 Å². The highest BCUT2D eigenvalue weighted by Crippen LogP contribution is 2.22. The average molecular weight is 457 g/mol. The lowest BCUT2D eigenvalue weighted by atomic mass is 10.3. The van der Waals surface area contributed by atoms with E-state index in [1.807, 2.05) is 0 Å². The minimum absolute atomic E-state index is 0.0168. The van der Waals surface area contributed by atoms with Crippen molar-refractivity contribution < 1.29 is 16.8 Å². The molecule has 3 aromatic rings. The Morgan fingerprint density at radius 2 is 0.786 bits per heavy atom. The molecule has 0 aromatic heterocycles. The fourth-order valence-corrected chi connectivity index (χ4v) is 4.63. The second-order valence-electron chi connectivity index (χ2n) is 5.70. The Balaban J connectivity index is 1.77. The van der Waals surface area contributed by atoms with Crippen LogP contribution in [-0.2, 0) is 20.0 Å². The third-order valence-electron chi connectivity index (χ3n) is 3.64. The van der Waals surface area contributed by atoms with Crippen LogP contribution < -0.4 is 9.44 Å². The minimum atomic E-state index is -3.83. The maximum atomic E-state index is 12.4. The number of anilines is 2. The highest BCUT2D eigenvalue weighted by atomic mass is 35.5. The maximum absolute atomic E-state index is 12.4. The standard InChI is InChI=1S/C18H14Cl2N2O4S2/c19-13-1-5-15(6-2-13)21-28(25,26)18-11-7-16(8-12-18)22-27(23,24)17-9-3-14(20)4-10-17/h1-12,21-22H. The van der Waals surface area contributed by atoms with Crippen LogP contribution in [-0.4, -0.2) is 16.8 Å². The van der Waals surface area contributed by atoms with Crippen LogP contribution >= 0.6 is 23.2 Å². The summed E-state index contributed by atoms with van der Waals surface area (Å²) in [6.07, 6.45) is 0. The van der Waals surface area contributed by atoms with E-state index >= 15 is 0 Å². The van der Waals surface area contributed by atoms with E-state index in [0.717, 1.165) is 0 Å². The predicted molar refractivity (Wildman–Crippen MR) is 111 cm³/mol. The van der Waals surface area contributed by atoms with E-state index in [-0.39, 0.29) is 15.5 Å². The Kier molecular flexibility index (Phi) is 5.85. The molecule has 0 spiro atoms. The first-order valence-electron chi connectivity index (χ1n) is 7.83. The van der Waals surface area contributed by atoms with E-state index in [1.165, 1.54) is 60.7 Å². The third-order valence-corrected chi connectivity index (χ3v) is 6.94. The average Bonchev–Trinajstić information content (AvgIpc) is 2.64. The second-order valence-corrected chi connectivity index (χ2v) is 9.93. The summed E-state index contributed by atoms with van der Waals surface area (Å²) in [4.78, 5) is 0.0231. The molecule has 0 aliphatic heterocycles. The monoisotopic (exact) mass is 456 g/mol. The normalized spacial score (nSPS) is 11.8. The van der Waals surface area contributed by atoms with Gasteiger partial charge in [0.2, 0.25) is 0 Å². The molecule has 0 fully saturated rings. The van der Waals surface area contributed by atoms with Crippen LogP contribution in [0.15, 0.2) is 82.6 Å². The van der Waals surface area contributed by atoms with E-state index in [1.54, 1.807) is 12.1 Å². The number of halogens is 2. The van der Waals surface area contributed by atoms with Gasteiger partial charge in [-0.2, -0.15) is 0 Å². The molecule has 0 saturated carbocycles. The summed E-state index contributed by atoms with van der Waals surface area (Å²) in [5, 5.41) is 0.905. The molecule has 0 amide bonds. The lowest BCUT2D eigenvalue weighted by Gasteiger charge is -2.11. The van der Waals surface area contributed by atoms with Crippen LogP contribution in [0.5, 0.6) is 0 Å². The first-order valence-corrected chi connectivity index (χ1v) is 11.5. The van der Waals surface area contributed by atoms with Gasteiger partial charge in [-0.3, -0.25) is 9.44 Å². The molecule has 0 unspecified atom stereocenters. The molecule has 2 N–H and O–H groups in total. The quantitative estimate of drug-likeness (QED) is 0.566. The molecule has 0 aliphatic carbocycles. The fourth-order valence-electron chi connectivity index (χ4n) is 2.26. The molecule has 0 bridgehead atoms. The van der Waals surface area contributed by atoms with Crippen molar-refractivity contribution in [2.45, 2.75) is 9.79 Å². The zero-order valence-corrected chi connectivity index (χ0v) is 17.3. The van der Waals surface area contributed by atoms with Gasteiger partial charge in [0.25, 0.3) is 20.0 Å². The van der Waals surface area contributed by atoms with Crippen LogP contribution in [0.25, 0.3) is 0 Å². The second kappa shape index (κ2) is 8.00. The van der Waals surface area contributed by atoms with E-state index in [0.29, 0.717) is 15.7 Å². The first kappa shape index (κ1) is 20.5. The largest absolute Gasteiger partial charge is 0.280 e. The molecule has 0 heterocycles. The van der Waals surface area contributed by atoms with Gasteiger partial charge in [-0.05, 0) is 72.8 Å². The molecular formula is C18H14Cl2N2O4S2. The Labute approximate surface area is 173 Å². The van der Waals surface area contributed by atoms with E-state index in [4.69, 9.17) is 23.2 Å². The van der Waals surface area contributed by atoms with Crippen molar-refractivity contribution in [3.63, 3.8) is 0 Å². The maximum Gasteiger partial charge on any atom is 0.261 e. The highest BCUT2D eigenvalue weighted by Gasteiger charge is 2.17. The molecule has 0 saturated heterocycles. The zero-order chi connectivity index (χ0) is 20.4. The van der Waals surface area contributed by atoms with Gasteiger partial charge in [0, 0.05) is 21.4 Å². The molecule has 3 rings (SSSR count). The molecule has 146 valence electrons. The number of rotatable bonds is 6. The van der Waals surface area contributed by atoms with Crippen molar-refractivity contribution in [1.29, 1.82) is 0 Å². The minimum Gasteiger partial charge on any atom is -0.280 e. The van der Waals surface area contributed by atoms with Gasteiger partial charge in [-0.25, -0.2) is 16.8 Å². The Morgan fingerprint density at radius 1 is 0.500 bits per heavy atom. The summed E-state index contributed by atoms with van der Waals surface area (Å²) in [5.74, 6) is 0. The van der Waals surface area contributed by atoms with Crippen molar-refractivity contribution >= 4 is 54.6 Å². The van der Waals surface area contributed by atoms with Gasteiger partial charge in [0.15, 0.2) is 0 Å². The summed E-state index contributed by atoms with van der Waals surface area (Å²) in [6, 6.07) is 17.2. The van der Waals surface area contributed by atoms with E-state index < -0.39 is 20.0 Å². The molecule has 0 radical (unpaired) electrons. The van der Waals surface area contributed by atoms with Gasteiger partial charge < -0.3 is 0 Å². The summed E-state index contributed by atoms with van der Waals surface area (Å²) in [6.45, 7) is 0. The summed E-state index contributed by atoms with van der Waals surface area (Å²) in [7, 11) is -7.65. The molecule has 28 heavy (non-hydrogen) atoms. The summed E-state index contributed by atoms with van der Waals surface area (Å²) < 4.78 is 54.4. The number of nitrogens with one attached hydrogen (secondary N) is 2. The van der Waals surface area contributed by atoms with Crippen molar-refractivity contribution in [3.05, 3.63) is 82.8 Å². The van der Waals surface area contributed by atoms with Gasteiger partial charge in [0.05, 0.1) is 9.79 Å². The van der Waals surface area contributed by atoms with Crippen LogP contribution in [0.4, 0.5) is 11.4 Å². The molecule has 0 atom stereocenters. The Morgan fingerprint density at radius 3 is 1.18 bits per heavy atom. The Hall–Kier alpha value is -2.26. The lowest BCUT2D eigenvalue weighted by molar-refractivity contribution is 0.600. The molecule has 3 aromatic carbocycles.